The van der Waals surface area contributed by atoms with E-state index in [4.69, 9.17) is 10.00 Å². The lowest BCUT2D eigenvalue weighted by atomic mass is 10.1. The molecule has 3 aromatic rings. The van der Waals surface area contributed by atoms with Crippen LogP contribution < -0.4 is 10.1 Å². The van der Waals surface area contributed by atoms with Crippen LogP contribution in [-0.2, 0) is 11.4 Å². The third-order valence-corrected chi connectivity index (χ3v) is 4.17. The molecule has 1 amide bonds. The summed E-state index contributed by atoms with van der Waals surface area (Å²) < 4.78 is 5.71. The minimum atomic E-state index is -1.24. The van der Waals surface area contributed by atoms with Gasteiger partial charge in [-0.2, -0.15) is 5.26 Å². The number of nitriles is 1. The summed E-state index contributed by atoms with van der Waals surface area (Å²) in [4.78, 5) is 23.7. The van der Waals surface area contributed by atoms with Gasteiger partial charge in [-0.15, -0.1) is 0 Å². The van der Waals surface area contributed by atoms with Crippen molar-refractivity contribution in [1.82, 2.24) is 5.32 Å². The lowest BCUT2D eigenvalue weighted by Crippen LogP contribution is -2.27. The Hall–Kier alpha value is -4.37. The molecule has 0 saturated carbocycles. The molecule has 3 rings (SSSR count). The first-order valence-electron chi connectivity index (χ1n) is 9.08. The average Bonchev–Trinajstić information content (AvgIpc) is 2.78. The molecule has 30 heavy (non-hydrogen) atoms. The summed E-state index contributed by atoms with van der Waals surface area (Å²) in [7, 11) is 0. The third kappa shape index (κ3) is 5.57. The average molecular weight is 398 g/mol. The van der Waals surface area contributed by atoms with E-state index in [1.807, 2.05) is 6.07 Å². The van der Waals surface area contributed by atoms with Crippen molar-refractivity contribution < 1.29 is 19.4 Å². The number of aliphatic carboxylic acids is 1. The van der Waals surface area contributed by atoms with E-state index in [0.29, 0.717) is 29.0 Å². The normalized spacial score (nSPS) is 10.7. The molecule has 0 aliphatic rings. The van der Waals surface area contributed by atoms with E-state index in [-0.39, 0.29) is 5.70 Å². The summed E-state index contributed by atoms with van der Waals surface area (Å²) in [5.41, 5.74) is 2.17. The van der Waals surface area contributed by atoms with Crippen molar-refractivity contribution in [2.45, 2.75) is 6.61 Å². The van der Waals surface area contributed by atoms with Gasteiger partial charge in [0.15, 0.2) is 0 Å². The van der Waals surface area contributed by atoms with E-state index >= 15 is 0 Å². The molecule has 0 saturated heterocycles. The van der Waals surface area contributed by atoms with Crippen LogP contribution in [0.3, 0.4) is 0 Å². The zero-order valence-electron chi connectivity index (χ0n) is 15.9. The Morgan fingerprint density at radius 2 is 1.73 bits per heavy atom. The number of carboxylic acid groups (broad SMARTS) is 1. The standard InChI is InChI=1S/C24H18N2O4/c25-15-18-5-4-6-19(13-18)16-30-21-11-9-17(10-12-21)14-22(24(28)29)26-23(27)20-7-2-1-3-8-20/h1-14H,16H2,(H,26,27)(H,28,29)/b22-14+. The number of benzene rings is 3. The fourth-order valence-corrected chi connectivity index (χ4v) is 2.66. The van der Waals surface area contributed by atoms with Crippen molar-refractivity contribution in [2.75, 3.05) is 0 Å². The lowest BCUT2D eigenvalue weighted by Gasteiger charge is -2.08. The number of nitrogens with zero attached hydrogens (tertiary/aromatic N) is 1. The summed E-state index contributed by atoms with van der Waals surface area (Å²) in [6, 6.07) is 24.4. The number of carboxylic acids is 1. The quantitative estimate of drug-likeness (QED) is 0.586. The van der Waals surface area contributed by atoms with Gasteiger partial charge in [0.2, 0.25) is 0 Å². The monoisotopic (exact) mass is 398 g/mol. The van der Waals surface area contributed by atoms with Gasteiger partial charge in [0.1, 0.15) is 18.1 Å². The summed E-state index contributed by atoms with van der Waals surface area (Å²) in [6.45, 7) is 0.304. The van der Waals surface area contributed by atoms with Gasteiger partial charge in [0.05, 0.1) is 11.6 Å². The first-order chi connectivity index (χ1) is 14.5. The van der Waals surface area contributed by atoms with Crippen LogP contribution in [0.4, 0.5) is 0 Å². The molecule has 0 aromatic heterocycles. The predicted molar refractivity (Wildman–Crippen MR) is 111 cm³/mol. The molecule has 6 heteroatoms. The van der Waals surface area contributed by atoms with Crippen molar-refractivity contribution in [3.63, 3.8) is 0 Å². The van der Waals surface area contributed by atoms with Crippen LogP contribution >= 0.6 is 0 Å². The summed E-state index contributed by atoms with van der Waals surface area (Å²) >= 11 is 0. The highest BCUT2D eigenvalue weighted by Gasteiger charge is 2.13. The Morgan fingerprint density at radius 1 is 1.00 bits per heavy atom. The molecule has 0 radical (unpaired) electrons. The Kier molecular flexibility index (Phi) is 6.59. The minimum Gasteiger partial charge on any atom is -0.489 e. The van der Waals surface area contributed by atoms with E-state index in [2.05, 4.69) is 11.4 Å². The zero-order valence-corrected chi connectivity index (χ0v) is 15.9. The predicted octanol–water partition coefficient (Wildman–Crippen LogP) is 3.99. The van der Waals surface area contributed by atoms with Crippen molar-refractivity contribution in [3.05, 3.63) is 107 Å². The maximum atomic E-state index is 12.2. The number of hydrogen-bond acceptors (Lipinski definition) is 4. The van der Waals surface area contributed by atoms with Crippen LogP contribution in [-0.4, -0.2) is 17.0 Å². The highest BCUT2D eigenvalue weighted by Crippen LogP contribution is 2.16. The van der Waals surface area contributed by atoms with E-state index in [1.54, 1.807) is 72.8 Å². The van der Waals surface area contributed by atoms with Crippen LogP contribution in [0.2, 0.25) is 0 Å². The molecular formula is C24H18N2O4. The smallest absolute Gasteiger partial charge is 0.352 e. The third-order valence-electron chi connectivity index (χ3n) is 4.17. The number of hydrogen-bond donors (Lipinski definition) is 2. The molecule has 0 aliphatic carbocycles. The van der Waals surface area contributed by atoms with Gasteiger partial charge in [0.25, 0.3) is 5.91 Å². The van der Waals surface area contributed by atoms with Crippen molar-refractivity contribution in [2.24, 2.45) is 0 Å². The Labute approximate surface area is 173 Å². The number of ether oxygens (including phenoxy) is 1. The molecular weight excluding hydrogens is 380 g/mol. The van der Waals surface area contributed by atoms with E-state index in [1.165, 1.54) is 6.08 Å². The van der Waals surface area contributed by atoms with Gasteiger partial charge < -0.3 is 15.2 Å². The van der Waals surface area contributed by atoms with E-state index in [0.717, 1.165) is 5.56 Å². The van der Waals surface area contributed by atoms with Crippen LogP contribution in [0.1, 0.15) is 27.0 Å². The topological polar surface area (TPSA) is 99.4 Å². The summed E-state index contributed by atoms with van der Waals surface area (Å²) in [5.74, 6) is -1.14. The van der Waals surface area contributed by atoms with Gasteiger partial charge >= 0.3 is 5.97 Å². The van der Waals surface area contributed by atoms with Crippen molar-refractivity contribution in [1.29, 1.82) is 5.26 Å². The van der Waals surface area contributed by atoms with Crippen molar-refractivity contribution in [3.8, 4) is 11.8 Å². The van der Waals surface area contributed by atoms with Gasteiger partial charge in [-0.25, -0.2) is 4.79 Å². The Balaban J connectivity index is 1.67. The fraction of sp³-hybridized carbons (Fsp3) is 0.0417. The fourth-order valence-electron chi connectivity index (χ4n) is 2.66. The molecule has 148 valence electrons. The summed E-state index contributed by atoms with van der Waals surface area (Å²) in [5, 5.41) is 20.8. The molecule has 3 aromatic carbocycles. The largest absolute Gasteiger partial charge is 0.489 e. The SMILES string of the molecule is N#Cc1cccc(COc2ccc(/C=C(/NC(=O)c3ccccc3)C(=O)O)cc2)c1. The minimum absolute atomic E-state index is 0.231. The second-order valence-electron chi connectivity index (χ2n) is 6.35. The maximum Gasteiger partial charge on any atom is 0.352 e. The molecule has 6 nitrogen and oxygen atoms in total. The van der Waals surface area contributed by atoms with Crippen LogP contribution in [0.15, 0.2) is 84.6 Å². The van der Waals surface area contributed by atoms with E-state index in [9.17, 15) is 14.7 Å². The molecule has 0 spiro atoms. The van der Waals surface area contributed by atoms with Gasteiger partial charge in [-0.3, -0.25) is 4.79 Å². The molecule has 0 fully saturated rings. The van der Waals surface area contributed by atoms with Crippen LogP contribution in [0.5, 0.6) is 5.75 Å². The Morgan fingerprint density at radius 3 is 2.40 bits per heavy atom. The van der Waals surface area contributed by atoms with Crippen molar-refractivity contribution >= 4 is 18.0 Å². The highest BCUT2D eigenvalue weighted by atomic mass is 16.5. The second kappa shape index (κ2) is 9.71. The molecule has 0 aliphatic heterocycles. The first-order valence-corrected chi connectivity index (χ1v) is 9.08. The Bertz CT molecular complexity index is 1110. The highest BCUT2D eigenvalue weighted by molar-refractivity contribution is 6.02. The molecule has 0 heterocycles. The van der Waals surface area contributed by atoms with E-state index < -0.39 is 11.9 Å². The first kappa shape index (κ1) is 20.4. The number of amides is 1. The maximum absolute atomic E-state index is 12.2. The van der Waals surface area contributed by atoms with Crippen LogP contribution in [0, 0.1) is 11.3 Å². The molecule has 0 unspecified atom stereocenters. The van der Waals surface area contributed by atoms with Crippen LogP contribution in [0.25, 0.3) is 6.08 Å². The van der Waals surface area contributed by atoms with Gasteiger partial charge in [-0.1, -0.05) is 42.5 Å². The number of nitrogens with one attached hydrogen (secondary N) is 1. The number of rotatable bonds is 7. The summed E-state index contributed by atoms with van der Waals surface area (Å²) in [6.07, 6.45) is 1.38. The second-order valence-corrected chi connectivity index (χ2v) is 6.35. The van der Waals surface area contributed by atoms with Gasteiger partial charge in [-0.05, 0) is 53.6 Å². The number of carbonyl (C=O) groups excluding carboxylic acids is 1. The molecule has 0 bridgehead atoms. The molecule has 0 atom stereocenters. The van der Waals surface area contributed by atoms with Gasteiger partial charge in [0, 0.05) is 5.56 Å². The lowest BCUT2D eigenvalue weighted by molar-refractivity contribution is -0.132. The zero-order chi connectivity index (χ0) is 21.3. The molecule has 2 N–H and O–H groups in total. The number of carbonyl (C=O) groups is 2.